The Bertz CT molecular complexity index is 1290. The van der Waals surface area contributed by atoms with Crippen molar-refractivity contribution in [2.24, 2.45) is 0 Å². The van der Waals surface area contributed by atoms with E-state index in [0.717, 1.165) is 10.2 Å². The summed E-state index contributed by atoms with van der Waals surface area (Å²) >= 11 is 0. The number of rotatable bonds is 7. The van der Waals surface area contributed by atoms with Gasteiger partial charge in [-0.2, -0.15) is 10.4 Å². The second-order valence-corrected chi connectivity index (χ2v) is 8.10. The second kappa shape index (κ2) is 9.03. The molecular formula is C22H22F2N8O2. The maximum absolute atomic E-state index is 12.8. The number of aromatic nitrogens is 4. The second-order valence-electron chi connectivity index (χ2n) is 8.10. The molecule has 0 saturated carbocycles. The quantitative estimate of drug-likeness (QED) is 0.414. The van der Waals surface area contributed by atoms with E-state index in [1.165, 1.54) is 19.4 Å². The SMILES string of the molecule is CNC(=O)c1nn(CC(F)F)cc1Nc1nccc(-c2cc(C#N)c3c(c2)[C@@](C)(CO)CN3)n1. The molecule has 0 unspecified atom stereocenters. The first-order chi connectivity index (χ1) is 16.3. The molecule has 176 valence electrons. The fourth-order valence-electron chi connectivity index (χ4n) is 3.80. The number of halogens is 2. The number of anilines is 3. The molecule has 0 spiro atoms. The van der Waals surface area contributed by atoms with Crippen molar-refractivity contribution in [1.82, 2.24) is 25.1 Å². The third-order valence-corrected chi connectivity index (χ3v) is 5.64. The Balaban J connectivity index is 1.71. The third kappa shape index (κ3) is 4.25. The summed E-state index contributed by atoms with van der Waals surface area (Å²) in [7, 11) is 1.41. The average Bonchev–Trinajstić information content (AvgIpc) is 3.38. The number of aliphatic hydroxyl groups excluding tert-OH is 1. The molecule has 12 heteroatoms. The molecule has 3 heterocycles. The van der Waals surface area contributed by atoms with Crippen LogP contribution in [0.3, 0.4) is 0 Å². The van der Waals surface area contributed by atoms with E-state index >= 15 is 0 Å². The van der Waals surface area contributed by atoms with Crippen LogP contribution >= 0.6 is 0 Å². The van der Waals surface area contributed by atoms with Crippen molar-refractivity contribution in [3.63, 3.8) is 0 Å². The van der Waals surface area contributed by atoms with Crippen LogP contribution in [0, 0.1) is 11.3 Å². The number of alkyl halides is 2. The van der Waals surface area contributed by atoms with Crippen LogP contribution in [0.25, 0.3) is 11.3 Å². The van der Waals surface area contributed by atoms with Crippen molar-refractivity contribution in [2.45, 2.75) is 25.3 Å². The van der Waals surface area contributed by atoms with E-state index in [2.05, 4.69) is 37.1 Å². The van der Waals surface area contributed by atoms with E-state index in [-0.39, 0.29) is 23.9 Å². The number of amides is 1. The van der Waals surface area contributed by atoms with Crippen molar-refractivity contribution < 1.29 is 18.7 Å². The standard InChI is InChI=1S/C22H22F2N8O2/c1-22(11-33)10-28-18-13(7-25)5-12(6-14(18)22)15-3-4-27-21(29-15)30-16-8-32(9-17(23)24)31-19(16)20(34)26-2/h3-6,8,17,28,33H,9-11H2,1-2H3,(H,26,34)(H,27,29,30)/t22-/m1/s1. The van der Waals surface area contributed by atoms with Gasteiger partial charge in [0.05, 0.1) is 29.2 Å². The Morgan fingerprint density at radius 2 is 2.24 bits per heavy atom. The van der Waals surface area contributed by atoms with Crippen LogP contribution in [-0.2, 0) is 12.0 Å². The fraction of sp³-hybridized carbons (Fsp3) is 0.318. The highest BCUT2D eigenvalue weighted by Crippen LogP contribution is 2.41. The third-order valence-electron chi connectivity index (χ3n) is 5.64. The molecule has 0 bridgehead atoms. The summed E-state index contributed by atoms with van der Waals surface area (Å²) < 4.78 is 26.6. The zero-order chi connectivity index (χ0) is 24.5. The van der Waals surface area contributed by atoms with E-state index in [1.807, 2.05) is 13.0 Å². The van der Waals surface area contributed by atoms with Gasteiger partial charge in [-0.1, -0.05) is 6.92 Å². The van der Waals surface area contributed by atoms with Crippen LogP contribution in [-0.4, -0.2) is 57.4 Å². The van der Waals surface area contributed by atoms with E-state index in [0.29, 0.717) is 29.1 Å². The highest BCUT2D eigenvalue weighted by molar-refractivity contribution is 5.97. The van der Waals surface area contributed by atoms with E-state index < -0.39 is 24.3 Å². The molecule has 3 aromatic rings. The lowest BCUT2D eigenvalue weighted by Crippen LogP contribution is -2.28. The smallest absolute Gasteiger partial charge is 0.273 e. The Kier molecular flexibility index (Phi) is 6.12. The number of fused-ring (bicyclic) bond motifs is 1. The van der Waals surface area contributed by atoms with Crippen molar-refractivity contribution in [3.05, 3.63) is 47.4 Å². The van der Waals surface area contributed by atoms with Gasteiger partial charge in [0, 0.05) is 37.0 Å². The van der Waals surface area contributed by atoms with Gasteiger partial charge < -0.3 is 21.1 Å². The predicted molar refractivity (Wildman–Crippen MR) is 120 cm³/mol. The molecule has 10 nitrogen and oxygen atoms in total. The van der Waals surface area contributed by atoms with Gasteiger partial charge in [-0.3, -0.25) is 9.48 Å². The molecule has 0 aliphatic carbocycles. The molecule has 0 radical (unpaired) electrons. The summed E-state index contributed by atoms with van der Waals surface area (Å²) in [5, 5.41) is 32.0. The van der Waals surface area contributed by atoms with Crippen LogP contribution in [0.4, 0.5) is 26.1 Å². The van der Waals surface area contributed by atoms with Gasteiger partial charge in [-0.15, -0.1) is 0 Å². The summed E-state index contributed by atoms with van der Waals surface area (Å²) in [4.78, 5) is 20.8. The Morgan fingerprint density at radius 1 is 1.44 bits per heavy atom. The van der Waals surface area contributed by atoms with Crippen molar-refractivity contribution in [1.29, 1.82) is 5.26 Å². The number of nitrogens with zero attached hydrogens (tertiary/aromatic N) is 5. The normalized spacial score (nSPS) is 16.6. The summed E-state index contributed by atoms with van der Waals surface area (Å²) in [6.45, 7) is 1.64. The summed E-state index contributed by atoms with van der Waals surface area (Å²) in [5.74, 6) is -0.443. The number of aliphatic hydroxyl groups is 1. The number of nitrogens with one attached hydrogen (secondary N) is 3. The molecule has 34 heavy (non-hydrogen) atoms. The van der Waals surface area contributed by atoms with Gasteiger partial charge in [0.25, 0.3) is 12.3 Å². The van der Waals surface area contributed by atoms with Crippen molar-refractivity contribution >= 4 is 23.2 Å². The zero-order valence-electron chi connectivity index (χ0n) is 18.4. The predicted octanol–water partition coefficient (Wildman–Crippen LogP) is 2.26. The molecule has 1 atom stereocenters. The molecule has 4 N–H and O–H groups in total. The maximum atomic E-state index is 12.8. The van der Waals surface area contributed by atoms with E-state index in [4.69, 9.17) is 0 Å². The molecule has 1 amide bonds. The van der Waals surface area contributed by atoms with Gasteiger partial charge in [0.1, 0.15) is 12.6 Å². The lowest BCUT2D eigenvalue weighted by Gasteiger charge is -2.21. The van der Waals surface area contributed by atoms with Crippen LogP contribution in [0.1, 0.15) is 28.5 Å². The Morgan fingerprint density at radius 3 is 2.91 bits per heavy atom. The topological polar surface area (TPSA) is 141 Å². The van der Waals surface area contributed by atoms with E-state index in [9.17, 15) is 23.9 Å². The number of hydrogen-bond acceptors (Lipinski definition) is 8. The van der Waals surface area contributed by atoms with Gasteiger partial charge in [0.15, 0.2) is 5.69 Å². The molecule has 4 rings (SSSR count). The lowest BCUT2D eigenvalue weighted by atomic mass is 9.83. The molecule has 1 aromatic carbocycles. The number of carbonyl (C=O) groups excluding carboxylic acids is 1. The Hall–Kier alpha value is -4.11. The van der Waals surface area contributed by atoms with Gasteiger partial charge in [-0.05, 0) is 23.8 Å². The molecule has 0 saturated heterocycles. The summed E-state index contributed by atoms with van der Waals surface area (Å²) in [6.07, 6.45) is 0.142. The fourth-order valence-corrected chi connectivity index (χ4v) is 3.80. The largest absolute Gasteiger partial charge is 0.395 e. The summed E-state index contributed by atoms with van der Waals surface area (Å²) in [5.41, 5.74) is 2.60. The molecule has 1 aliphatic heterocycles. The highest BCUT2D eigenvalue weighted by Gasteiger charge is 2.36. The number of hydrogen-bond donors (Lipinski definition) is 4. The van der Waals surface area contributed by atoms with Gasteiger partial charge in [0.2, 0.25) is 5.95 Å². The minimum Gasteiger partial charge on any atom is -0.395 e. The minimum atomic E-state index is -2.64. The molecule has 0 fully saturated rings. The first-order valence-corrected chi connectivity index (χ1v) is 10.4. The number of benzene rings is 1. The average molecular weight is 468 g/mol. The minimum absolute atomic E-state index is 0.0776. The summed E-state index contributed by atoms with van der Waals surface area (Å²) in [6, 6.07) is 7.40. The molecular weight excluding hydrogens is 446 g/mol. The first-order valence-electron chi connectivity index (χ1n) is 10.4. The lowest BCUT2D eigenvalue weighted by molar-refractivity contribution is 0.0953. The van der Waals surface area contributed by atoms with Crippen LogP contribution < -0.4 is 16.0 Å². The number of carbonyl (C=O) groups is 1. The van der Waals surface area contributed by atoms with Crippen molar-refractivity contribution in [2.75, 3.05) is 30.8 Å². The first kappa shape index (κ1) is 23.1. The van der Waals surface area contributed by atoms with Crippen LogP contribution in [0.15, 0.2) is 30.6 Å². The monoisotopic (exact) mass is 468 g/mol. The van der Waals surface area contributed by atoms with Crippen LogP contribution in [0.2, 0.25) is 0 Å². The Labute approximate surface area is 193 Å². The zero-order valence-corrected chi connectivity index (χ0v) is 18.4. The van der Waals surface area contributed by atoms with Gasteiger partial charge >= 0.3 is 0 Å². The highest BCUT2D eigenvalue weighted by atomic mass is 19.3. The van der Waals surface area contributed by atoms with E-state index in [1.54, 1.807) is 12.1 Å². The van der Waals surface area contributed by atoms with Crippen LogP contribution in [0.5, 0.6) is 0 Å². The maximum Gasteiger partial charge on any atom is 0.273 e. The van der Waals surface area contributed by atoms with Gasteiger partial charge in [-0.25, -0.2) is 18.7 Å². The van der Waals surface area contributed by atoms with Crippen molar-refractivity contribution in [3.8, 4) is 17.3 Å². The number of nitriles is 1. The molecule has 1 aliphatic rings. The molecule has 2 aromatic heterocycles.